The van der Waals surface area contributed by atoms with Gasteiger partial charge in [0, 0.05) is 16.7 Å². The van der Waals surface area contributed by atoms with Crippen molar-refractivity contribution in [2.45, 2.75) is 9.79 Å². The molecule has 1 aliphatic rings. The van der Waals surface area contributed by atoms with Crippen LogP contribution in [0.3, 0.4) is 0 Å². The molecule has 0 aromatic heterocycles. The minimum absolute atomic E-state index is 0.253. The van der Waals surface area contributed by atoms with E-state index >= 15 is 0 Å². The van der Waals surface area contributed by atoms with Gasteiger partial charge in [0.15, 0.2) is 11.6 Å². The molecular weight excluding hydrogens is 374 g/mol. The van der Waals surface area contributed by atoms with Crippen LogP contribution in [-0.2, 0) is 20.2 Å². The Balaban J connectivity index is 2.32. The van der Waals surface area contributed by atoms with Gasteiger partial charge in [0.1, 0.15) is 20.2 Å². The van der Waals surface area contributed by atoms with Crippen LogP contribution >= 0.6 is 0 Å². The fraction of sp³-hybridized carbons (Fsp3) is 0. The van der Waals surface area contributed by atoms with Crippen molar-refractivity contribution in [2.24, 2.45) is 0 Å². The molecule has 0 unspecified atom stereocenters. The van der Waals surface area contributed by atoms with Crippen molar-refractivity contribution in [3.8, 4) is 0 Å². The summed E-state index contributed by atoms with van der Waals surface area (Å²) >= 11 is 0. The maximum Gasteiger partial charge on any atom is 0.196 e. The molecule has 2 N–H and O–H groups in total. The van der Waals surface area contributed by atoms with Gasteiger partial charge < -0.3 is 14.8 Å². The first-order chi connectivity index (χ1) is 11.4. The van der Waals surface area contributed by atoms with Crippen molar-refractivity contribution >= 4 is 37.5 Å². The first kappa shape index (κ1) is 17.2. The summed E-state index contributed by atoms with van der Waals surface area (Å²) in [6, 6.07) is 4.32. The lowest BCUT2D eigenvalue weighted by Crippen LogP contribution is -2.24. The minimum Gasteiger partial charge on any atom is -0.744 e. The summed E-state index contributed by atoms with van der Waals surface area (Å²) < 4.78 is 66.9. The average molecular weight is 381 g/mol. The molecule has 2 aromatic rings. The van der Waals surface area contributed by atoms with E-state index in [1.165, 1.54) is 0 Å². The number of anilines is 1. The molecule has 25 heavy (non-hydrogen) atoms. The summed E-state index contributed by atoms with van der Waals surface area (Å²) in [6.07, 6.45) is 0. The number of fused-ring (bicyclic) bond motifs is 2. The Bertz CT molecular complexity index is 1180. The number of rotatable bonds is 2. The first-order valence-electron chi connectivity index (χ1n) is 6.50. The summed E-state index contributed by atoms with van der Waals surface area (Å²) in [5.41, 5.74) is 3.62. The third kappa shape index (κ3) is 2.62. The van der Waals surface area contributed by atoms with Gasteiger partial charge >= 0.3 is 0 Å². The lowest BCUT2D eigenvalue weighted by Gasteiger charge is -2.22. The van der Waals surface area contributed by atoms with E-state index in [0.717, 1.165) is 30.3 Å². The first-order valence-corrected chi connectivity index (χ1v) is 9.32. The lowest BCUT2D eigenvalue weighted by molar-refractivity contribution is 0.0979. The van der Waals surface area contributed by atoms with Crippen LogP contribution in [-0.4, -0.2) is 37.5 Å². The van der Waals surface area contributed by atoms with Crippen molar-refractivity contribution in [3.63, 3.8) is 0 Å². The van der Waals surface area contributed by atoms with Gasteiger partial charge in [-0.25, -0.2) is 16.8 Å². The number of nitrogen functional groups attached to an aromatic ring is 1. The highest BCUT2D eigenvalue weighted by Crippen LogP contribution is 2.35. The molecule has 0 spiro atoms. The molecule has 0 amide bonds. The van der Waals surface area contributed by atoms with Gasteiger partial charge in [-0.3, -0.25) is 9.59 Å². The Hall–Kier alpha value is -2.60. The maximum absolute atomic E-state index is 12.6. The second-order valence-corrected chi connectivity index (χ2v) is 7.90. The maximum atomic E-state index is 12.6. The molecule has 2 aromatic carbocycles. The van der Waals surface area contributed by atoms with Crippen LogP contribution in [0.1, 0.15) is 31.8 Å². The molecule has 0 fully saturated rings. The Labute approximate surface area is 141 Å². The molecule has 11 heteroatoms. The highest BCUT2D eigenvalue weighted by molar-refractivity contribution is 7.86. The van der Waals surface area contributed by atoms with Crippen LogP contribution in [0.2, 0.25) is 0 Å². The van der Waals surface area contributed by atoms with E-state index in [1.54, 1.807) is 0 Å². The van der Waals surface area contributed by atoms with Crippen LogP contribution < -0.4 is 5.73 Å². The van der Waals surface area contributed by atoms with Crippen LogP contribution in [0, 0.1) is 0 Å². The third-order valence-corrected chi connectivity index (χ3v) is 5.44. The number of benzene rings is 2. The van der Waals surface area contributed by atoms with Gasteiger partial charge in [-0.05, 0) is 30.3 Å². The molecule has 0 bridgehead atoms. The third-order valence-electron chi connectivity index (χ3n) is 3.72. The van der Waals surface area contributed by atoms with Crippen molar-refractivity contribution in [2.75, 3.05) is 5.73 Å². The minimum atomic E-state index is -4.97. The summed E-state index contributed by atoms with van der Waals surface area (Å²) in [5.74, 6) is -1.68. The van der Waals surface area contributed by atoms with Crippen LogP contribution in [0.15, 0.2) is 40.1 Å². The zero-order valence-electron chi connectivity index (χ0n) is 12.0. The van der Waals surface area contributed by atoms with Gasteiger partial charge in [0.05, 0.1) is 21.0 Å². The second kappa shape index (κ2) is 5.20. The average Bonchev–Trinajstić information content (AvgIpc) is 2.49. The van der Waals surface area contributed by atoms with E-state index in [1.807, 2.05) is 0 Å². The topological polar surface area (TPSA) is 175 Å². The van der Waals surface area contributed by atoms with E-state index < -0.39 is 52.8 Å². The standard InChI is InChI=1S/C14H9NO8S2/c15-12-10(25(21,22)23)4-3-8-11(12)14(17)7-2-1-6(24(18,19)20)5-9(7)13(8)16/h1-5H,15H2,(H,18,19,20)(H,21,22,23)/p-2. The van der Waals surface area contributed by atoms with Crippen molar-refractivity contribution in [1.29, 1.82) is 0 Å². The molecule has 0 radical (unpaired) electrons. The molecule has 0 aliphatic heterocycles. The molecule has 0 saturated heterocycles. The number of nitrogens with two attached hydrogens (primary N) is 1. The fourth-order valence-corrected chi connectivity index (χ4v) is 3.70. The Morgan fingerprint density at radius 2 is 1.36 bits per heavy atom. The molecule has 0 saturated carbocycles. The molecule has 3 rings (SSSR count). The summed E-state index contributed by atoms with van der Waals surface area (Å²) in [7, 11) is -9.82. The van der Waals surface area contributed by atoms with Gasteiger partial charge in [0.2, 0.25) is 0 Å². The van der Waals surface area contributed by atoms with Gasteiger partial charge in [-0.1, -0.05) is 0 Å². The zero-order chi connectivity index (χ0) is 18.7. The van der Waals surface area contributed by atoms with E-state index in [4.69, 9.17) is 5.73 Å². The lowest BCUT2D eigenvalue weighted by atomic mass is 9.83. The highest BCUT2D eigenvalue weighted by Gasteiger charge is 2.33. The van der Waals surface area contributed by atoms with Crippen molar-refractivity contribution < 1.29 is 35.5 Å². The molecule has 9 nitrogen and oxygen atoms in total. The van der Waals surface area contributed by atoms with Gasteiger partial charge in [0.25, 0.3) is 0 Å². The van der Waals surface area contributed by atoms with Crippen LogP contribution in [0.5, 0.6) is 0 Å². The largest absolute Gasteiger partial charge is 0.744 e. The molecule has 0 atom stereocenters. The second-order valence-electron chi connectivity index (χ2n) is 5.17. The number of hydrogen-bond acceptors (Lipinski definition) is 9. The predicted octanol–water partition coefficient (Wildman–Crippen LogP) is -0.148. The molecule has 130 valence electrons. The SMILES string of the molecule is Nc1c(S(=O)(=O)[O-])ccc2c1C(=O)c1ccc(S(=O)(=O)[O-])cc1C2=O. The van der Waals surface area contributed by atoms with E-state index in [9.17, 15) is 35.5 Å². The molecular formula is C14H7NO8S2-2. The number of hydrogen-bond donors (Lipinski definition) is 1. The van der Waals surface area contributed by atoms with Crippen molar-refractivity contribution in [1.82, 2.24) is 0 Å². The molecule has 0 heterocycles. The smallest absolute Gasteiger partial charge is 0.196 e. The Morgan fingerprint density at radius 1 is 0.760 bits per heavy atom. The number of carbonyl (C=O) groups excluding carboxylic acids is 2. The van der Waals surface area contributed by atoms with Crippen LogP contribution in [0.25, 0.3) is 0 Å². The monoisotopic (exact) mass is 381 g/mol. The van der Waals surface area contributed by atoms with E-state index in [2.05, 4.69) is 0 Å². The van der Waals surface area contributed by atoms with Crippen LogP contribution in [0.4, 0.5) is 5.69 Å². The Morgan fingerprint density at radius 3 is 1.92 bits per heavy atom. The number of ketones is 2. The summed E-state index contributed by atoms with van der Waals surface area (Å²) in [6.45, 7) is 0. The van der Waals surface area contributed by atoms with Gasteiger partial charge in [-0.15, -0.1) is 0 Å². The summed E-state index contributed by atoms with van der Waals surface area (Å²) in [5, 5.41) is 0. The summed E-state index contributed by atoms with van der Waals surface area (Å²) in [4.78, 5) is 23.5. The van der Waals surface area contributed by atoms with Crippen molar-refractivity contribution in [3.05, 3.63) is 52.6 Å². The van der Waals surface area contributed by atoms with E-state index in [-0.39, 0.29) is 16.7 Å². The van der Waals surface area contributed by atoms with E-state index in [0.29, 0.717) is 0 Å². The number of carbonyl (C=O) groups is 2. The Kier molecular flexibility index (Phi) is 3.58. The quantitative estimate of drug-likeness (QED) is 0.467. The highest BCUT2D eigenvalue weighted by atomic mass is 32.2. The zero-order valence-corrected chi connectivity index (χ0v) is 13.7. The van der Waals surface area contributed by atoms with Gasteiger partial charge in [-0.2, -0.15) is 0 Å². The normalized spacial score (nSPS) is 14.2. The predicted molar refractivity (Wildman–Crippen MR) is 80.1 cm³/mol. The molecule has 1 aliphatic carbocycles. The fourth-order valence-electron chi connectivity index (χ4n) is 2.60.